The minimum absolute atomic E-state index is 0.00435. The van der Waals surface area contributed by atoms with Gasteiger partial charge in [0, 0.05) is 30.9 Å². The first kappa shape index (κ1) is 12.8. The fourth-order valence-corrected chi connectivity index (χ4v) is 2.55. The van der Waals surface area contributed by atoms with Gasteiger partial charge in [-0.05, 0) is 25.1 Å². The summed E-state index contributed by atoms with van der Waals surface area (Å²) in [5.41, 5.74) is 7.19. The quantitative estimate of drug-likeness (QED) is 0.550. The number of nitrogens with zero attached hydrogens (tertiary/aromatic N) is 4. The van der Waals surface area contributed by atoms with E-state index in [2.05, 4.69) is 21.7 Å². The lowest BCUT2D eigenvalue weighted by Crippen LogP contribution is -2.30. The lowest BCUT2D eigenvalue weighted by Gasteiger charge is -2.15. The molecule has 6 heteroatoms. The van der Waals surface area contributed by atoms with Gasteiger partial charge in [-0.1, -0.05) is 6.07 Å². The van der Waals surface area contributed by atoms with Crippen LogP contribution in [0.1, 0.15) is 23.0 Å². The van der Waals surface area contributed by atoms with Gasteiger partial charge in [0.25, 0.3) is 0 Å². The van der Waals surface area contributed by atoms with Crippen molar-refractivity contribution in [2.24, 2.45) is 12.9 Å². The van der Waals surface area contributed by atoms with Crippen molar-refractivity contribution < 1.29 is 0 Å². The number of rotatable bonds is 4. The van der Waals surface area contributed by atoms with Crippen molar-refractivity contribution in [3.05, 3.63) is 53.6 Å². The molecular weight excluding hydrogens is 252 g/mol. The minimum Gasteiger partial charge on any atom is -0.272 e. The predicted molar refractivity (Wildman–Crippen MR) is 76.9 cm³/mol. The van der Waals surface area contributed by atoms with Gasteiger partial charge in [0.2, 0.25) is 0 Å². The van der Waals surface area contributed by atoms with Crippen molar-refractivity contribution in [1.82, 2.24) is 24.8 Å². The molecule has 104 valence electrons. The highest BCUT2D eigenvalue weighted by atomic mass is 15.3. The fourth-order valence-electron chi connectivity index (χ4n) is 2.55. The van der Waals surface area contributed by atoms with Gasteiger partial charge in [-0.2, -0.15) is 10.2 Å². The largest absolute Gasteiger partial charge is 0.272 e. The van der Waals surface area contributed by atoms with E-state index in [4.69, 9.17) is 5.84 Å². The standard InChI is InChI=1S/C14H18N6/c1-10-7-11(19(2)18-10)8-13(17-15)12-9-16-20-6-4-3-5-14(12)20/h3-7,9,13,17H,8,15H2,1-2H3. The zero-order valence-corrected chi connectivity index (χ0v) is 11.6. The lowest BCUT2D eigenvalue weighted by molar-refractivity contribution is 0.533. The molecule has 0 spiro atoms. The molecule has 3 N–H and O–H groups in total. The lowest BCUT2D eigenvalue weighted by atomic mass is 10.0. The van der Waals surface area contributed by atoms with Crippen LogP contribution in [0, 0.1) is 6.92 Å². The topological polar surface area (TPSA) is 73.2 Å². The van der Waals surface area contributed by atoms with Crippen LogP contribution in [0.4, 0.5) is 0 Å². The average Bonchev–Trinajstić information content (AvgIpc) is 3.00. The van der Waals surface area contributed by atoms with Crippen LogP contribution in [-0.2, 0) is 13.5 Å². The first-order valence-corrected chi connectivity index (χ1v) is 6.57. The Hall–Kier alpha value is -2.18. The van der Waals surface area contributed by atoms with Crippen LogP contribution in [0.3, 0.4) is 0 Å². The van der Waals surface area contributed by atoms with E-state index in [1.165, 1.54) is 0 Å². The summed E-state index contributed by atoms with van der Waals surface area (Å²) < 4.78 is 3.75. The molecule has 0 aliphatic carbocycles. The second-order valence-corrected chi connectivity index (χ2v) is 4.95. The molecule has 3 aromatic heterocycles. The van der Waals surface area contributed by atoms with Crippen molar-refractivity contribution >= 4 is 5.52 Å². The van der Waals surface area contributed by atoms with Gasteiger partial charge in [-0.15, -0.1) is 0 Å². The van der Waals surface area contributed by atoms with Crippen LogP contribution in [-0.4, -0.2) is 19.4 Å². The summed E-state index contributed by atoms with van der Waals surface area (Å²) in [7, 11) is 1.95. The molecule has 0 amide bonds. The van der Waals surface area contributed by atoms with Crippen molar-refractivity contribution in [2.75, 3.05) is 0 Å². The number of pyridine rings is 1. The third-order valence-electron chi connectivity index (χ3n) is 3.55. The van der Waals surface area contributed by atoms with Gasteiger partial charge >= 0.3 is 0 Å². The molecule has 0 aliphatic rings. The SMILES string of the molecule is Cc1cc(CC(NN)c2cnn3ccccc23)n(C)n1. The van der Waals surface area contributed by atoms with Gasteiger partial charge in [0.15, 0.2) is 0 Å². The maximum atomic E-state index is 5.74. The summed E-state index contributed by atoms with van der Waals surface area (Å²) >= 11 is 0. The molecule has 20 heavy (non-hydrogen) atoms. The molecule has 0 bridgehead atoms. The fraction of sp³-hybridized carbons (Fsp3) is 0.286. The third kappa shape index (κ3) is 2.19. The van der Waals surface area contributed by atoms with Gasteiger partial charge in [0.05, 0.1) is 23.4 Å². The summed E-state index contributed by atoms with van der Waals surface area (Å²) in [6, 6.07) is 8.09. The third-order valence-corrected chi connectivity index (χ3v) is 3.55. The van der Waals surface area contributed by atoms with E-state index in [-0.39, 0.29) is 6.04 Å². The van der Waals surface area contributed by atoms with Crippen LogP contribution in [0.5, 0.6) is 0 Å². The number of hydrogen-bond acceptors (Lipinski definition) is 4. The van der Waals surface area contributed by atoms with Gasteiger partial charge in [-0.3, -0.25) is 16.0 Å². The smallest absolute Gasteiger partial charge is 0.0710 e. The normalized spacial score (nSPS) is 12.9. The molecule has 3 rings (SSSR count). The van der Waals surface area contributed by atoms with Crippen molar-refractivity contribution in [2.45, 2.75) is 19.4 Å². The highest BCUT2D eigenvalue weighted by Gasteiger charge is 2.17. The van der Waals surface area contributed by atoms with E-state index < -0.39 is 0 Å². The van der Waals surface area contributed by atoms with Gasteiger partial charge in [-0.25, -0.2) is 4.52 Å². The van der Waals surface area contributed by atoms with E-state index in [9.17, 15) is 0 Å². The maximum Gasteiger partial charge on any atom is 0.0710 e. The van der Waals surface area contributed by atoms with E-state index >= 15 is 0 Å². The van der Waals surface area contributed by atoms with Crippen molar-refractivity contribution in [3.63, 3.8) is 0 Å². The predicted octanol–water partition coefficient (Wildman–Crippen LogP) is 1.12. The van der Waals surface area contributed by atoms with Gasteiger partial charge < -0.3 is 0 Å². The van der Waals surface area contributed by atoms with Gasteiger partial charge in [0.1, 0.15) is 0 Å². The molecule has 0 radical (unpaired) electrons. The summed E-state index contributed by atoms with van der Waals surface area (Å²) in [4.78, 5) is 0. The summed E-state index contributed by atoms with van der Waals surface area (Å²) in [6.07, 6.45) is 4.56. The van der Waals surface area contributed by atoms with E-state index in [1.54, 1.807) is 0 Å². The van der Waals surface area contributed by atoms with Crippen LogP contribution >= 0.6 is 0 Å². The van der Waals surface area contributed by atoms with Crippen LogP contribution < -0.4 is 11.3 Å². The summed E-state index contributed by atoms with van der Waals surface area (Å²) in [6.45, 7) is 1.99. The summed E-state index contributed by atoms with van der Waals surface area (Å²) in [5.74, 6) is 5.74. The Bertz CT molecular complexity index is 726. The Morgan fingerprint density at radius 2 is 2.25 bits per heavy atom. The number of fused-ring (bicyclic) bond motifs is 1. The molecule has 0 saturated carbocycles. The Kier molecular flexibility index (Phi) is 3.25. The zero-order chi connectivity index (χ0) is 14.1. The molecule has 0 aromatic carbocycles. The van der Waals surface area contributed by atoms with Crippen LogP contribution in [0.2, 0.25) is 0 Å². The van der Waals surface area contributed by atoms with Crippen molar-refractivity contribution in [3.8, 4) is 0 Å². The Balaban J connectivity index is 1.95. The molecule has 1 atom stereocenters. The molecular formula is C14H18N6. The molecule has 6 nitrogen and oxygen atoms in total. The minimum atomic E-state index is 0.00435. The number of nitrogens with one attached hydrogen (secondary N) is 1. The van der Waals surface area contributed by atoms with Crippen LogP contribution in [0.25, 0.3) is 5.52 Å². The first-order valence-electron chi connectivity index (χ1n) is 6.57. The first-order chi connectivity index (χ1) is 9.69. The average molecular weight is 270 g/mol. The second-order valence-electron chi connectivity index (χ2n) is 4.95. The van der Waals surface area contributed by atoms with Crippen LogP contribution in [0.15, 0.2) is 36.7 Å². The number of hydrazine groups is 1. The molecule has 3 heterocycles. The number of nitrogens with two attached hydrogens (primary N) is 1. The van der Waals surface area contributed by atoms with Crippen molar-refractivity contribution in [1.29, 1.82) is 0 Å². The van der Waals surface area contributed by atoms with E-state index in [1.807, 2.05) is 53.8 Å². The Morgan fingerprint density at radius 3 is 2.95 bits per heavy atom. The zero-order valence-electron chi connectivity index (χ0n) is 11.6. The van der Waals surface area contributed by atoms with E-state index in [0.29, 0.717) is 0 Å². The molecule has 0 aliphatic heterocycles. The maximum absolute atomic E-state index is 5.74. The number of aromatic nitrogens is 4. The highest BCUT2D eigenvalue weighted by molar-refractivity contribution is 5.55. The second kappa shape index (κ2) is 5.07. The van der Waals surface area contributed by atoms with E-state index in [0.717, 1.165) is 28.9 Å². The molecule has 1 unspecified atom stereocenters. The molecule has 0 fully saturated rings. The number of hydrogen-bond donors (Lipinski definition) is 2. The monoisotopic (exact) mass is 270 g/mol. The Labute approximate surface area is 117 Å². The molecule has 0 saturated heterocycles. The summed E-state index contributed by atoms with van der Waals surface area (Å²) in [5, 5.41) is 8.72. The highest BCUT2D eigenvalue weighted by Crippen LogP contribution is 2.22. The number of aryl methyl sites for hydroxylation is 2. The molecule has 3 aromatic rings. The Morgan fingerprint density at radius 1 is 1.40 bits per heavy atom.